The SMILES string of the molecule is CC(C)CN1CCCCC1C1CCCCC1O. The quantitative estimate of drug-likeness (QED) is 0.818. The van der Waals surface area contributed by atoms with Gasteiger partial charge in [-0.15, -0.1) is 0 Å². The first-order valence-electron chi connectivity index (χ1n) is 7.60. The Kier molecular flexibility index (Phi) is 4.87. The summed E-state index contributed by atoms with van der Waals surface area (Å²) in [5, 5.41) is 10.2. The minimum Gasteiger partial charge on any atom is -0.393 e. The lowest BCUT2D eigenvalue weighted by Crippen LogP contribution is -2.49. The van der Waals surface area contributed by atoms with Crippen LogP contribution in [0.1, 0.15) is 58.8 Å². The molecule has 0 spiro atoms. The highest BCUT2D eigenvalue weighted by molar-refractivity contribution is 4.89. The molecule has 3 atom stereocenters. The van der Waals surface area contributed by atoms with Gasteiger partial charge in [-0.05, 0) is 38.1 Å². The first kappa shape index (κ1) is 13.4. The largest absolute Gasteiger partial charge is 0.393 e. The molecule has 0 aromatic rings. The Labute approximate surface area is 106 Å². The Morgan fingerprint density at radius 1 is 1.06 bits per heavy atom. The lowest BCUT2D eigenvalue weighted by atomic mass is 9.78. The summed E-state index contributed by atoms with van der Waals surface area (Å²) in [6.45, 7) is 7.09. The van der Waals surface area contributed by atoms with E-state index in [9.17, 15) is 5.11 Å². The van der Waals surface area contributed by atoms with Crippen molar-refractivity contribution in [2.75, 3.05) is 13.1 Å². The van der Waals surface area contributed by atoms with Crippen molar-refractivity contribution in [3.8, 4) is 0 Å². The van der Waals surface area contributed by atoms with E-state index in [1.54, 1.807) is 0 Å². The molecule has 0 radical (unpaired) electrons. The van der Waals surface area contributed by atoms with Crippen LogP contribution in [0.2, 0.25) is 0 Å². The van der Waals surface area contributed by atoms with Crippen LogP contribution in [0.15, 0.2) is 0 Å². The summed E-state index contributed by atoms with van der Waals surface area (Å²) in [7, 11) is 0. The van der Waals surface area contributed by atoms with Crippen molar-refractivity contribution in [1.82, 2.24) is 4.90 Å². The molecule has 2 fully saturated rings. The molecule has 1 saturated heterocycles. The summed E-state index contributed by atoms with van der Waals surface area (Å²) in [5.41, 5.74) is 0. The van der Waals surface area contributed by atoms with Gasteiger partial charge in [0.25, 0.3) is 0 Å². The molecule has 1 heterocycles. The molecule has 3 unspecified atom stereocenters. The normalized spacial score (nSPS) is 36.4. The Morgan fingerprint density at radius 2 is 1.76 bits per heavy atom. The minimum atomic E-state index is -0.0264. The van der Waals surface area contributed by atoms with Crippen LogP contribution in [0, 0.1) is 11.8 Å². The summed E-state index contributed by atoms with van der Waals surface area (Å²) in [4.78, 5) is 2.67. The zero-order valence-corrected chi connectivity index (χ0v) is 11.6. The molecule has 1 N–H and O–H groups in total. The van der Waals surface area contributed by atoms with E-state index in [-0.39, 0.29) is 6.10 Å². The third-order valence-electron chi connectivity index (χ3n) is 4.54. The van der Waals surface area contributed by atoms with Crippen LogP contribution in [-0.4, -0.2) is 35.2 Å². The molecule has 100 valence electrons. The van der Waals surface area contributed by atoms with Crippen molar-refractivity contribution >= 4 is 0 Å². The number of likely N-dealkylation sites (tertiary alicyclic amines) is 1. The smallest absolute Gasteiger partial charge is 0.0583 e. The van der Waals surface area contributed by atoms with Crippen LogP contribution in [0.5, 0.6) is 0 Å². The zero-order valence-electron chi connectivity index (χ0n) is 11.6. The van der Waals surface area contributed by atoms with E-state index in [1.807, 2.05) is 0 Å². The van der Waals surface area contributed by atoms with Gasteiger partial charge in [-0.2, -0.15) is 0 Å². The highest BCUT2D eigenvalue weighted by atomic mass is 16.3. The third-order valence-corrected chi connectivity index (χ3v) is 4.54. The van der Waals surface area contributed by atoms with Crippen LogP contribution in [0.3, 0.4) is 0 Å². The van der Waals surface area contributed by atoms with Crippen molar-refractivity contribution in [3.05, 3.63) is 0 Å². The first-order valence-corrected chi connectivity index (χ1v) is 7.60. The molecule has 1 saturated carbocycles. The number of aliphatic hydroxyl groups excluding tert-OH is 1. The summed E-state index contributed by atoms with van der Waals surface area (Å²) >= 11 is 0. The monoisotopic (exact) mass is 239 g/mol. The van der Waals surface area contributed by atoms with Crippen LogP contribution in [0.4, 0.5) is 0 Å². The second-order valence-electron chi connectivity index (χ2n) is 6.47. The Hall–Kier alpha value is -0.0800. The van der Waals surface area contributed by atoms with Crippen molar-refractivity contribution in [1.29, 1.82) is 0 Å². The first-order chi connectivity index (χ1) is 8.18. The zero-order chi connectivity index (χ0) is 12.3. The predicted molar refractivity (Wildman–Crippen MR) is 72.0 cm³/mol. The van der Waals surface area contributed by atoms with Crippen LogP contribution in [-0.2, 0) is 0 Å². The van der Waals surface area contributed by atoms with E-state index in [1.165, 1.54) is 51.6 Å². The lowest BCUT2D eigenvalue weighted by Gasteiger charge is -2.44. The second kappa shape index (κ2) is 6.19. The van der Waals surface area contributed by atoms with E-state index in [4.69, 9.17) is 0 Å². The van der Waals surface area contributed by atoms with Gasteiger partial charge in [0.1, 0.15) is 0 Å². The number of aliphatic hydroxyl groups is 1. The van der Waals surface area contributed by atoms with Gasteiger partial charge in [-0.1, -0.05) is 33.1 Å². The summed E-state index contributed by atoms with van der Waals surface area (Å²) < 4.78 is 0. The Morgan fingerprint density at radius 3 is 2.47 bits per heavy atom. The number of hydrogen-bond donors (Lipinski definition) is 1. The molecule has 0 aromatic carbocycles. The average molecular weight is 239 g/mol. The van der Waals surface area contributed by atoms with Gasteiger partial charge >= 0.3 is 0 Å². The van der Waals surface area contributed by atoms with Crippen LogP contribution in [0.25, 0.3) is 0 Å². The van der Waals surface area contributed by atoms with Gasteiger partial charge in [0.2, 0.25) is 0 Å². The van der Waals surface area contributed by atoms with Crippen molar-refractivity contribution in [2.45, 2.75) is 70.9 Å². The Balaban J connectivity index is 1.99. The molecule has 1 aliphatic carbocycles. The van der Waals surface area contributed by atoms with Gasteiger partial charge in [0, 0.05) is 18.5 Å². The van der Waals surface area contributed by atoms with Crippen LogP contribution >= 0.6 is 0 Å². The minimum absolute atomic E-state index is 0.0264. The molecule has 2 heteroatoms. The molecule has 0 amide bonds. The van der Waals surface area contributed by atoms with Gasteiger partial charge in [0.05, 0.1) is 6.10 Å². The van der Waals surface area contributed by atoms with Gasteiger partial charge < -0.3 is 5.11 Å². The standard InChI is InChI=1S/C15H29NO/c1-12(2)11-16-10-6-5-8-14(16)13-7-3-4-9-15(13)17/h12-15,17H,3-11H2,1-2H3. The van der Waals surface area contributed by atoms with Crippen molar-refractivity contribution in [3.63, 3.8) is 0 Å². The highest BCUT2D eigenvalue weighted by Gasteiger charge is 2.35. The predicted octanol–water partition coefficient (Wildman–Crippen LogP) is 3.05. The maximum atomic E-state index is 10.2. The maximum absolute atomic E-state index is 10.2. The molecule has 1 aliphatic heterocycles. The Bertz CT molecular complexity index is 229. The molecule has 2 nitrogen and oxygen atoms in total. The third kappa shape index (κ3) is 3.45. The van der Waals surface area contributed by atoms with Crippen molar-refractivity contribution in [2.24, 2.45) is 11.8 Å². The summed E-state index contributed by atoms with van der Waals surface area (Å²) in [6.07, 6.45) is 8.85. The molecular formula is C15H29NO. The fourth-order valence-electron chi connectivity index (χ4n) is 3.79. The molecule has 0 bridgehead atoms. The summed E-state index contributed by atoms with van der Waals surface area (Å²) in [5.74, 6) is 1.30. The van der Waals surface area contributed by atoms with E-state index in [0.717, 1.165) is 12.3 Å². The van der Waals surface area contributed by atoms with E-state index in [2.05, 4.69) is 18.7 Å². The fraction of sp³-hybridized carbons (Fsp3) is 1.00. The number of nitrogens with zero attached hydrogens (tertiary/aromatic N) is 1. The van der Waals surface area contributed by atoms with E-state index >= 15 is 0 Å². The van der Waals surface area contributed by atoms with E-state index in [0.29, 0.717) is 12.0 Å². The number of hydrogen-bond acceptors (Lipinski definition) is 2. The number of piperidine rings is 1. The topological polar surface area (TPSA) is 23.5 Å². The van der Waals surface area contributed by atoms with Gasteiger partial charge in [-0.25, -0.2) is 0 Å². The average Bonchev–Trinajstić information content (AvgIpc) is 2.30. The molecular weight excluding hydrogens is 210 g/mol. The van der Waals surface area contributed by atoms with Gasteiger partial charge in [0.15, 0.2) is 0 Å². The fourth-order valence-corrected chi connectivity index (χ4v) is 3.79. The molecule has 0 aromatic heterocycles. The molecule has 2 rings (SSSR count). The lowest BCUT2D eigenvalue weighted by molar-refractivity contribution is -0.00918. The van der Waals surface area contributed by atoms with Crippen LogP contribution < -0.4 is 0 Å². The number of rotatable bonds is 3. The van der Waals surface area contributed by atoms with Gasteiger partial charge in [-0.3, -0.25) is 4.90 Å². The molecule has 2 aliphatic rings. The highest BCUT2D eigenvalue weighted by Crippen LogP contribution is 2.34. The molecule has 17 heavy (non-hydrogen) atoms. The summed E-state index contributed by atoms with van der Waals surface area (Å²) in [6, 6.07) is 0.668. The second-order valence-corrected chi connectivity index (χ2v) is 6.47. The maximum Gasteiger partial charge on any atom is 0.0583 e. The van der Waals surface area contributed by atoms with E-state index < -0.39 is 0 Å². The van der Waals surface area contributed by atoms with Crippen molar-refractivity contribution < 1.29 is 5.11 Å².